The minimum Gasteiger partial charge on any atom is -0.490 e. The average Bonchev–Trinajstić information content (AvgIpc) is 2.52. The first-order valence-corrected chi connectivity index (χ1v) is 7.86. The third-order valence-corrected chi connectivity index (χ3v) is 4.35. The summed E-state index contributed by atoms with van der Waals surface area (Å²) < 4.78 is 5.48. The predicted molar refractivity (Wildman–Crippen MR) is 86.4 cm³/mol. The minimum atomic E-state index is -0.102. The third kappa shape index (κ3) is 4.58. The number of ether oxygens (including phenoxy) is 1. The van der Waals surface area contributed by atoms with E-state index in [1.54, 1.807) is 6.08 Å². The molecule has 1 aromatic carbocycles. The molecule has 0 bridgehead atoms. The van der Waals surface area contributed by atoms with Crippen LogP contribution in [0.15, 0.2) is 36.9 Å². The van der Waals surface area contributed by atoms with Gasteiger partial charge in [0, 0.05) is 12.1 Å². The van der Waals surface area contributed by atoms with Crippen molar-refractivity contribution in [1.29, 1.82) is 0 Å². The van der Waals surface area contributed by atoms with Crippen LogP contribution in [0.4, 0.5) is 0 Å². The molecule has 0 heterocycles. The molecule has 0 saturated heterocycles. The van der Waals surface area contributed by atoms with Gasteiger partial charge in [0.2, 0.25) is 0 Å². The van der Waals surface area contributed by atoms with Gasteiger partial charge in [-0.05, 0) is 36.5 Å². The normalized spacial score (nSPS) is 25.5. The molecule has 3 nitrogen and oxygen atoms in total. The van der Waals surface area contributed by atoms with E-state index in [0.29, 0.717) is 12.5 Å². The molecule has 1 aromatic rings. The summed E-state index contributed by atoms with van der Waals surface area (Å²) in [6, 6.07) is 8.11. The number of hydrogen-bond acceptors (Lipinski definition) is 3. The molecule has 2 atom stereocenters. The summed E-state index contributed by atoms with van der Waals surface area (Å²) in [6.45, 7) is 7.45. The van der Waals surface area contributed by atoms with Crippen molar-refractivity contribution in [1.82, 2.24) is 5.32 Å². The van der Waals surface area contributed by atoms with Crippen LogP contribution in [0.25, 0.3) is 0 Å². The Balaban J connectivity index is 1.90. The van der Waals surface area contributed by atoms with Gasteiger partial charge in [0.1, 0.15) is 12.4 Å². The largest absolute Gasteiger partial charge is 0.490 e. The van der Waals surface area contributed by atoms with E-state index >= 15 is 0 Å². The van der Waals surface area contributed by atoms with Gasteiger partial charge in [-0.3, -0.25) is 0 Å². The molecule has 0 radical (unpaired) electrons. The predicted octanol–water partition coefficient (Wildman–Crippen LogP) is 3.28. The summed E-state index contributed by atoms with van der Waals surface area (Å²) in [6.07, 6.45) is 6.34. The van der Waals surface area contributed by atoms with Crippen molar-refractivity contribution < 1.29 is 9.84 Å². The van der Waals surface area contributed by atoms with Gasteiger partial charge in [-0.1, -0.05) is 44.6 Å². The highest BCUT2D eigenvalue weighted by Crippen LogP contribution is 2.32. The molecule has 116 valence electrons. The smallest absolute Gasteiger partial charge is 0.119 e. The Kier molecular flexibility index (Phi) is 5.83. The molecule has 0 spiro atoms. The highest BCUT2D eigenvalue weighted by Gasteiger charge is 2.33. The topological polar surface area (TPSA) is 41.5 Å². The number of aliphatic hydroxyl groups is 1. The Morgan fingerprint density at radius 3 is 2.81 bits per heavy atom. The van der Waals surface area contributed by atoms with Gasteiger partial charge in [0.15, 0.2) is 0 Å². The second-order valence-electron chi connectivity index (χ2n) is 6.24. The molecular formula is C18H27NO2. The van der Waals surface area contributed by atoms with Crippen LogP contribution in [0.3, 0.4) is 0 Å². The maximum atomic E-state index is 9.79. The molecule has 21 heavy (non-hydrogen) atoms. The fourth-order valence-electron chi connectivity index (χ4n) is 3.17. The van der Waals surface area contributed by atoms with E-state index in [1.165, 1.54) is 18.4 Å². The molecular weight excluding hydrogens is 262 g/mol. The minimum absolute atomic E-state index is 0.102. The van der Waals surface area contributed by atoms with Crippen LogP contribution in [0.1, 0.15) is 38.2 Å². The lowest BCUT2D eigenvalue weighted by molar-refractivity contribution is 0.0982. The van der Waals surface area contributed by atoms with Crippen molar-refractivity contribution in [3.8, 4) is 5.75 Å². The van der Waals surface area contributed by atoms with Crippen molar-refractivity contribution in [2.75, 3.05) is 13.2 Å². The van der Waals surface area contributed by atoms with Crippen LogP contribution in [0.5, 0.6) is 5.75 Å². The highest BCUT2D eigenvalue weighted by molar-refractivity contribution is 5.27. The summed E-state index contributed by atoms with van der Waals surface area (Å²) in [7, 11) is 0. The van der Waals surface area contributed by atoms with Gasteiger partial charge in [0.25, 0.3) is 0 Å². The number of nitrogens with one attached hydrogen (secondary N) is 1. The van der Waals surface area contributed by atoms with Crippen molar-refractivity contribution in [3.05, 3.63) is 42.5 Å². The van der Waals surface area contributed by atoms with E-state index in [9.17, 15) is 5.11 Å². The quantitative estimate of drug-likeness (QED) is 0.757. The fourth-order valence-corrected chi connectivity index (χ4v) is 3.17. The van der Waals surface area contributed by atoms with Gasteiger partial charge < -0.3 is 15.2 Å². The summed E-state index contributed by atoms with van der Waals surface area (Å²) >= 11 is 0. The van der Waals surface area contributed by atoms with Crippen LogP contribution in [0, 0.1) is 5.92 Å². The summed E-state index contributed by atoms with van der Waals surface area (Å²) in [5.41, 5.74) is 1.11. The molecule has 0 aliphatic heterocycles. The van der Waals surface area contributed by atoms with Gasteiger partial charge in [-0.25, -0.2) is 0 Å². The van der Waals surface area contributed by atoms with E-state index in [0.717, 1.165) is 25.1 Å². The summed E-state index contributed by atoms with van der Waals surface area (Å²) in [5.74, 6) is 1.55. The lowest BCUT2D eigenvalue weighted by Gasteiger charge is -2.39. The molecule has 1 saturated carbocycles. The fraction of sp³-hybridized carbons (Fsp3) is 0.556. The second-order valence-corrected chi connectivity index (χ2v) is 6.24. The molecule has 0 amide bonds. The molecule has 1 fully saturated rings. The number of benzene rings is 1. The molecule has 2 unspecified atom stereocenters. The number of rotatable bonds is 7. The third-order valence-electron chi connectivity index (χ3n) is 4.35. The lowest BCUT2D eigenvalue weighted by Crippen LogP contribution is -2.51. The zero-order valence-corrected chi connectivity index (χ0v) is 13.0. The zero-order valence-electron chi connectivity index (χ0n) is 13.0. The van der Waals surface area contributed by atoms with Gasteiger partial charge >= 0.3 is 0 Å². The van der Waals surface area contributed by atoms with Crippen LogP contribution in [0.2, 0.25) is 0 Å². The van der Waals surface area contributed by atoms with Crippen LogP contribution >= 0.6 is 0 Å². The Bertz CT molecular complexity index is 443. The van der Waals surface area contributed by atoms with E-state index < -0.39 is 0 Å². The van der Waals surface area contributed by atoms with E-state index in [2.05, 4.69) is 31.0 Å². The molecule has 0 aromatic heterocycles. The molecule has 2 rings (SSSR count). The Morgan fingerprint density at radius 2 is 2.19 bits per heavy atom. The van der Waals surface area contributed by atoms with Crippen molar-refractivity contribution in [2.45, 2.75) is 44.7 Å². The van der Waals surface area contributed by atoms with Gasteiger partial charge in [-0.2, -0.15) is 0 Å². The van der Waals surface area contributed by atoms with Crippen molar-refractivity contribution in [2.24, 2.45) is 5.92 Å². The average molecular weight is 289 g/mol. The molecule has 2 N–H and O–H groups in total. The Hall–Kier alpha value is -1.32. The first-order valence-electron chi connectivity index (χ1n) is 7.86. The maximum absolute atomic E-state index is 9.79. The Labute approximate surface area is 128 Å². The second kappa shape index (κ2) is 7.62. The van der Waals surface area contributed by atoms with Gasteiger partial charge in [-0.15, -0.1) is 0 Å². The summed E-state index contributed by atoms with van der Waals surface area (Å²) in [4.78, 5) is 0. The SMILES string of the molecule is C=CCOc1ccc(CNC2(CO)CCCC(C)C2)cc1. The maximum Gasteiger partial charge on any atom is 0.119 e. The van der Waals surface area contributed by atoms with Crippen LogP contribution in [-0.2, 0) is 6.54 Å². The molecule has 1 aliphatic carbocycles. The monoisotopic (exact) mass is 289 g/mol. The van der Waals surface area contributed by atoms with Crippen molar-refractivity contribution >= 4 is 0 Å². The highest BCUT2D eigenvalue weighted by atomic mass is 16.5. The van der Waals surface area contributed by atoms with Crippen LogP contribution < -0.4 is 10.1 Å². The first-order chi connectivity index (χ1) is 10.2. The summed E-state index contributed by atoms with van der Waals surface area (Å²) in [5, 5.41) is 13.4. The molecule has 1 aliphatic rings. The standard InChI is InChI=1S/C18H27NO2/c1-3-11-21-17-8-6-16(7-9-17)13-19-18(14-20)10-4-5-15(2)12-18/h3,6-9,15,19-20H,1,4-5,10-14H2,2H3. The molecule has 3 heteroatoms. The van der Waals surface area contributed by atoms with Gasteiger partial charge in [0.05, 0.1) is 6.61 Å². The van der Waals surface area contributed by atoms with E-state index in [1.807, 2.05) is 12.1 Å². The number of aliphatic hydroxyl groups excluding tert-OH is 1. The first kappa shape index (κ1) is 16.1. The zero-order chi connectivity index (χ0) is 15.1. The van der Waals surface area contributed by atoms with Crippen LogP contribution in [-0.4, -0.2) is 23.9 Å². The van der Waals surface area contributed by atoms with E-state index in [4.69, 9.17) is 4.74 Å². The van der Waals surface area contributed by atoms with E-state index in [-0.39, 0.29) is 12.1 Å². The van der Waals surface area contributed by atoms with Crippen molar-refractivity contribution in [3.63, 3.8) is 0 Å². The lowest BCUT2D eigenvalue weighted by atomic mass is 9.77. The Morgan fingerprint density at radius 1 is 1.43 bits per heavy atom. The number of hydrogen-bond donors (Lipinski definition) is 2.